The molecule has 2 atom stereocenters. The molecule has 3 rings (SSSR count). The molecular weight excluding hydrogens is 328 g/mol. The number of pyridine rings is 1. The molecule has 0 bridgehead atoms. The number of nitrogens with zero attached hydrogens (tertiary/aromatic N) is 4. The molecule has 2 saturated heterocycles. The molecule has 2 aliphatic heterocycles. The van der Waals surface area contributed by atoms with Crippen LogP contribution in [0.3, 0.4) is 0 Å². The lowest BCUT2D eigenvalue weighted by Gasteiger charge is -2.44. The van der Waals surface area contributed by atoms with Crippen molar-refractivity contribution in [3.05, 3.63) is 17.7 Å². The van der Waals surface area contributed by atoms with E-state index in [-0.39, 0.29) is 23.4 Å². The van der Waals surface area contributed by atoms with Crippen molar-refractivity contribution in [2.45, 2.75) is 65.0 Å². The predicted octanol–water partition coefficient (Wildman–Crippen LogP) is 2.96. The van der Waals surface area contributed by atoms with Crippen LogP contribution in [-0.2, 0) is 9.47 Å². The number of ether oxygens (including phenoxy) is 2. The quantitative estimate of drug-likeness (QED) is 0.810. The summed E-state index contributed by atoms with van der Waals surface area (Å²) in [6.45, 7) is 15.6. The average molecular weight is 358 g/mol. The van der Waals surface area contributed by atoms with Crippen molar-refractivity contribution in [2.75, 3.05) is 36.0 Å². The highest BCUT2D eigenvalue weighted by molar-refractivity contribution is 5.59. The maximum absolute atomic E-state index is 9.59. The molecule has 0 aromatic carbocycles. The fraction of sp³-hybridized carbons (Fsp3) is 0.700. The molecule has 2 aliphatic rings. The van der Waals surface area contributed by atoms with Crippen molar-refractivity contribution in [1.29, 1.82) is 5.26 Å². The van der Waals surface area contributed by atoms with Gasteiger partial charge in [0.25, 0.3) is 0 Å². The van der Waals surface area contributed by atoms with Crippen LogP contribution in [0.2, 0.25) is 0 Å². The van der Waals surface area contributed by atoms with E-state index in [9.17, 15) is 5.26 Å². The maximum atomic E-state index is 9.59. The van der Waals surface area contributed by atoms with Crippen LogP contribution in [0.5, 0.6) is 0 Å². The van der Waals surface area contributed by atoms with Crippen LogP contribution in [0.25, 0.3) is 0 Å². The Hall–Kier alpha value is -1.84. The van der Waals surface area contributed by atoms with Gasteiger partial charge in [-0.05, 0) is 53.7 Å². The Kier molecular flexibility index (Phi) is 4.89. The summed E-state index contributed by atoms with van der Waals surface area (Å²) in [5.41, 5.74) is 0.125. The van der Waals surface area contributed by atoms with E-state index in [1.165, 1.54) is 0 Å². The summed E-state index contributed by atoms with van der Waals surface area (Å²) in [4.78, 5) is 9.35. The highest BCUT2D eigenvalue weighted by atomic mass is 16.5. The monoisotopic (exact) mass is 358 g/mol. The average Bonchev–Trinajstić information content (AvgIpc) is 2.50. The minimum Gasteiger partial charge on any atom is -0.369 e. The van der Waals surface area contributed by atoms with Gasteiger partial charge in [0.15, 0.2) is 0 Å². The second-order valence-corrected chi connectivity index (χ2v) is 8.79. The highest BCUT2D eigenvalue weighted by Crippen LogP contribution is 2.31. The summed E-state index contributed by atoms with van der Waals surface area (Å²) in [5, 5.41) is 9.59. The van der Waals surface area contributed by atoms with Crippen molar-refractivity contribution < 1.29 is 9.47 Å². The second kappa shape index (κ2) is 6.71. The van der Waals surface area contributed by atoms with Crippen LogP contribution in [-0.4, -0.2) is 54.6 Å². The molecule has 142 valence electrons. The lowest BCUT2D eigenvalue weighted by atomic mass is 10.0. The van der Waals surface area contributed by atoms with Crippen LogP contribution in [0.1, 0.15) is 47.1 Å². The third kappa shape index (κ3) is 4.11. The van der Waals surface area contributed by atoms with E-state index in [1.54, 1.807) is 0 Å². The number of rotatable bonds is 2. The van der Waals surface area contributed by atoms with Gasteiger partial charge in [0.2, 0.25) is 0 Å². The van der Waals surface area contributed by atoms with Crippen molar-refractivity contribution in [3.63, 3.8) is 0 Å². The Morgan fingerprint density at radius 1 is 1.00 bits per heavy atom. The molecule has 6 heteroatoms. The first-order valence-corrected chi connectivity index (χ1v) is 9.35. The first kappa shape index (κ1) is 18.9. The van der Waals surface area contributed by atoms with E-state index in [0.717, 1.165) is 31.3 Å². The van der Waals surface area contributed by atoms with Gasteiger partial charge in [0, 0.05) is 26.2 Å². The minimum absolute atomic E-state index is 0.0955. The highest BCUT2D eigenvalue weighted by Gasteiger charge is 2.35. The summed E-state index contributed by atoms with van der Waals surface area (Å²) in [5.74, 6) is 1.66. The normalized spacial score (nSPS) is 27.9. The van der Waals surface area contributed by atoms with Gasteiger partial charge in [0.05, 0.1) is 29.0 Å². The zero-order valence-electron chi connectivity index (χ0n) is 16.7. The smallest absolute Gasteiger partial charge is 0.149 e. The van der Waals surface area contributed by atoms with E-state index in [4.69, 9.17) is 14.5 Å². The Bertz CT molecular complexity index is 710. The molecule has 6 nitrogen and oxygen atoms in total. The lowest BCUT2D eigenvalue weighted by molar-refractivity contribution is -0.0752. The second-order valence-electron chi connectivity index (χ2n) is 8.79. The van der Waals surface area contributed by atoms with E-state index in [1.807, 2.05) is 12.1 Å². The van der Waals surface area contributed by atoms with Gasteiger partial charge in [-0.2, -0.15) is 5.26 Å². The molecular formula is C20H30N4O2. The standard InChI is InChI=1S/C20H30N4O2/c1-14-10-23(12-19(3,4)25-14)17-8-7-16(9-21)18(22-17)24-11-15(2)26-20(5,6)13-24/h7-8,14-15H,10-13H2,1-6H3. The molecule has 2 fully saturated rings. The van der Waals surface area contributed by atoms with E-state index in [2.05, 4.69) is 57.4 Å². The van der Waals surface area contributed by atoms with E-state index >= 15 is 0 Å². The zero-order valence-corrected chi connectivity index (χ0v) is 16.7. The molecule has 2 unspecified atom stereocenters. The largest absolute Gasteiger partial charge is 0.369 e. The first-order chi connectivity index (χ1) is 12.1. The first-order valence-electron chi connectivity index (χ1n) is 9.35. The molecule has 0 spiro atoms. The zero-order chi connectivity index (χ0) is 19.1. The Labute approximate surface area is 156 Å². The van der Waals surface area contributed by atoms with Crippen molar-refractivity contribution in [2.24, 2.45) is 0 Å². The van der Waals surface area contributed by atoms with Gasteiger partial charge in [-0.1, -0.05) is 0 Å². The molecule has 0 aliphatic carbocycles. The van der Waals surface area contributed by atoms with Gasteiger partial charge < -0.3 is 19.3 Å². The van der Waals surface area contributed by atoms with Gasteiger partial charge >= 0.3 is 0 Å². The van der Waals surface area contributed by atoms with Crippen molar-refractivity contribution in [3.8, 4) is 6.07 Å². The number of morpholine rings is 2. The fourth-order valence-electron chi connectivity index (χ4n) is 4.19. The lowest BCUT2D eigenvalue weighted by Crippen LogP contribution is -2.53. The molecule has 1 aromatic heterocycles. The van der Waals surface area contributed by atoms with Crippen LogP contribution in [0, 0.1) is 11.3 Å². The molecule has 0 radical (unpaired) electrons. The molecule has 3 heterocycles. The van der Waals surface area contributed by atoms with Crippen molar-refractivity contribution >= 4 is 11.6 Å². The van der Waals surface area contributed by atoms with Gasteiger partial charge in [-0.3, -0.25) is 0 Å². The Balaban J connectivity index is 1.93. The number of aromatic nitrogens is 1. The maximum Gasteiger partial charge on any atom is 0.149 e. The minimum atomic E-state index is -0.266. The summed E-state index contributed by atoms with van der Waals surface area (Å²) in [6, 6.07) is 6.14. The van der Waals surface area contributed by atoms with Gasteiger partial charge in [-0.25, -0.2) is 4.98 Å². The summed E-state index contributed by atoms with van der Waals surface area (Å²) >= 11 is 0. The fourth-order valence-corrected chi connectivity index (χ4v) is 4.19. The van der Waals surface area contributed by atoms with Gasteiger partial charge in [-0.15, -0.1) is 0 Å². The van der Waals surface area contributed by atoms with Crippen molar-refractivity contribution in [1.82, 2.24) is 4.98 Å². The summed E-state index contributed by atoms with van der Waals surface area (Å²) < 4.78 is 12.0. The molecule has 0 N–H and O–H groups in total. The van der Waals surface area contributed by atoms with Crippen LogP contribution < -0.4 is 9.80 Å². The molecule has 0 saturated carbocycles. The number of nitriles is 1. The van der Waals surface area contributed by atoms with E-state index < -0.39 is 0 Å². The van der Waals surface area contributed by atoms with Crippen LogP contribution >= 0.6 is 0 Å². The Morgan fingerprint density at radius 3 is 2.08 bits per heavy atom. The van der Waals surface area contributed by atoms with Crippen LogP contribution in [0.15, 0.2) is 12.1 Å². The van der Waals surface area contributed by atoms with Gasteiger partial charge in [0.1, 0.15) is 17.7 Å². The number of hydrogen-bond acceptors (Lipinski definition) is 6. The molecule has 26 heavy (non-hydrogen) atoms. The molecule has 0 amide bonds. The summed E-state index contributed by atoms with van der Waals surface area (Å²) in [7, 11) is 0. The number of anilines is 2. The topological polar surface area (TPSA) is 61.6 Å². The Morgan fingerprint density at radius 2 is 1.54 bits per heavy atom. The number of hydrogen-bond donors (Lipinski definition) is 0. The van der Waals surface area contributed by atoms with Crippen LogP contribution in [0.4, 0.5) is 11.6 Å². The predicted molar refractivity (Wildman–Crippen MR) is 103 cm³/mol. The third-order valence-electron chi connectivity index (χ3n) is 4.74. The van der Waals surface area contributed by atoms with E-state index in [0.29, 0.717) is 12.1 Å². The molecule has 1 aromatic rings. The summed E-state index contributed by atoms with van der Waals surface area (Å²) in [6.07, 6.45) is 0.236. The third-order valence-corrected chi connectivity index (χ3v) is 4.74. The SMILES string of the molecule is CC1CN(c2ccc(C#N)c(N3CC(C)OC(C)(C)C3)n2)CC(C)(C)O1.